The van der Waals surface area contributed by atoms with Gasteiger partial charge in [-0.3, -0.25) is 25.0 Å². The van der Waals surface area contributed by atoms with Crippen LogP contribution >= 0.6 is 11.3 Å². The van der Waals surface area contributed by atoms with Gasteiger partial charge in [0.1, 0.15) is 0 Å². The lowest BCUT2D eigenvalue weighted by Gasteiger charge is -2.09. The van der Waals surface area contributed by atoms with E-state index in [2.05, 4.69) is 15.6 Å². The maximum absolute atomic E-state index is 12.6. The third-order valence-corrected chi connectivity index (χ3v) is 5.23. The summed E-state index contributed by atoms with van der Waals surface area (Å²) in [7, 11) is 0. The Hall–Kier alpha value is -3.33. The fraction of sp³-hybridized carbons (Fsp3) is 0.167. The fourth-order valence-corrected chi connectivity index (χ4v) is 3.86. The molecule has 0 atom stereocenters. The molecule has 0 radical (unpaired) electrons. The molecule has 0 aliphatic carbocycles. The topological polar surface area (TPSA) is 114 Å². The number of nitro benzene ring substituents is 1. The predicted octanol–water partition coefficient (Wildman–Crippen LogP) is 3.73. The SMILES string of the molecule is O=C1CCCc2cc(C(=O)Nc3nc4ccc([N+](=O)[O-])cc4s3)ccc2N1. The number of hydrogen-bond acceptors (Lipinski definition) is 6. The molecule has 0 unspecified atom stereocenters. The lowest BCUT2D eigenvalue weighted by molar-refractivity contribution is -0.384. The highest BCUT2D eigenvalue weighted by Crippen LogP contribution is 2.30. The maximum atomic E-state index is 12.6. The molecule has 27 heavy (non-hydrogen) atoms. The minimum Gasteiger partial charge on any atom is -0.326 e. The largest absolute Gasteiger partial charge is 0.326 e. The summed E-state index contributed by atoms with van der Waals surface area (Å²) in [6.45, 7) is 0. The van der Waals surface area contributed by atoms with Gasteiger partial charge < -0.3 is 5.32 Å². The normalized spacial score (nSPS) is 13.6. The van der Waals surface area contributed by atoms with Gasteiger partial charge in [0, 0.05) is 29.8 Å². The van der Waals surface area contributed by atoms with Gasteiger partial charge in [-0.05, 0) is 42.7 Å². The highest BCUT2D eigenvalue weighted by Gasteiger charge is 2.17. The van der Waals surface area contributed by atoms with E-state index in [9.17, 15) is 19.7 Å². The van der Waals surface area contributed by atoms with Crippen molar-refractivity contribution in [3.63, 3.8) is 0 Å². The Morgan fingerprint density at radius 1 is 1.22 bits per heavy atom. The average molecular weight is 382 g/mol. The lowest BCUT2D eigenvalue weighted by Crippen LogP contribution is -2.13. The molecular weight excluding hydrogens is 368 g/mol. The maximum Gasteiger partial charge on any atom is 0.270 e. The Kier molecular flexibility index (Phi) is 4.28. The van der Waals surface area contributed by atoms with Crippen molar-refractivity contribution in [2.75, 3.05) is 10.6 Å². The number of thiazole rings is 1. The molecule has 0 saturated carbocycles. The van der Waals surface area contributed by atoms with Crippen LogP contribution in [0.4, 0.5) is 16.5 Å². The van der Waals surface area contributed by atoms with Crippen LogP contribution in [0.3, 0.4) is 0 Å². The highest BCUT2D eigenvalue weighted by atomic mass is 32.1. The number of carbonyl (C=O) groups is 2. The third kappa shape index (κ3) is 3.49. The van der Waals surface area contributed by atoms with Crippen molar-refractivity contribution in [1.82, 2.24) is 4.98 Å². The van der Waals surface area contributed by atoms with E-state index in [1.165, 1.54) is 23.5 Å². The number of benzene rings is 2. The van der Waals surface area contributed by atoms with Crippen LogP contribution in [0.5, 0.6) is 0 Å². The minimum absolute atomic E-state index is 0.0168. The van der Waals surface area contributed by atoms with E-state index in [4.69, 9.17) is 0 Å². The molecule has 1 aliphatic rings. The number of aryl methyl sites for hydroxylation is 1. The number of nitrogens with one attached hydrogen (secondary N) is 2. The molecule has 2 heterocycles. The number of carbonyl (C=O) groups excluding carboxylic acids is 2. The Balaban J connectivity index is 1.57. The number of amides is 2. The van der Waals surface area contributed by atoms with E-state index in [1.807, 2.05) is 0 Å². The first-order valence-electron chi connectivity index (χ1n) is 8.29. The second-order valence-electron chi connectivity index (χ2n) is 6.16. The fourth-order valence-electron chi connectivity index (χ4n) is 2.97. The van der Waals surface area contributed by atoms with E-state index >= 15 is 0 Å². The minimum atomic E-state index is -0.466. The number of rotatable bonds is 3. The molecule has 0 saturated heterocycles. The number of nitro groups is 1. The van der Waals surface area contributed by atoms with Gasteiger partial charge in [-0.1, -0.05) is 11.3 Å². The van der Waals surface area contributed by atoms with E-state index in [-0.39, 0.29) is 17.5 Å². The van der Waals surface area contributed by atoms with Crippen molar-refractivity contribution >= 4 is 49.9 Å². The van der Waals surface area contributed by atoms with Crippen LogP contribution in [0, 0.1) is 10.1 Å². The Morgan fingerprint density at radius 2 is 2.07 bits per heavy atom. The van der Waals surface area contributed by atoms with Gasteiger partial charge in [0.2, 0.25) is 5.91 Å². The number of non-ortho nitro benzene ring substituents is 1. The second-order valence-corrected chi connectivity index (χ2v) is 7.19. The molecule has 0 spiro atoms. The molecule has 8 nitrogen and oxygen atoms in total. The molecule has 0 fully saturated rings. The first-order chi connectivity index (χ1) is 13.0. The number of anilines is 2. The summed E-state index contributed by atoms with van der Waals surface area (Å²) >= 11 is 1.18. The molecule has 4 rings (SSSR count). The third-order valence-electron chi connectivity index (χ3n) is 4.29. The molecule has 2 amide bonds. The monoisotopic (exact) mass is 382 g/mol. The molecule has 2 aromatic carbocycles. The molecule has 0 bridgehead atoms. The number of fused-ring (bicyclic) bond motifs is 2. The molecular formula is C18H14N4O4S. The summed E-state index contributed by atoms with van der Waals surface area (Å²) in [4.78, 5) is 38.9. The molecule has 9 heteroatoms. The number of aromatic nitrogens is 1. The van der Waals surface area contributed by atoms with Gasteiger partial charge in [0.05, 0.1) is 15.1 Å². The first-order valence-corrected chi connectivity index (χ1v) is 9.10. The number of hydrogen-bond donors (Lipinski definition) is 2. The molecule has 136 valence electrons. The van der Waals surface area contributed by atoms with E-state index in [1.54, 1.807) is 24.3 Å². The van der Waals surface area contributed by atoms with Crippen molar-refractivity contribution in [1.29, 1.82) is 0 Å². The van der Waals surface area contributed by atoms with Crippen LogP contribution in [0.1, 0.15) is 28.8 Å². The Bertz CT molecular complexity index is 1090. The van der Waals surface area contributed by atoms with Crippen molar-refractivity contribution in [3.05, 3.63) is 57.6 Å². The number of nitrogens with zero attached hydrogens (tertiary/aromatic N) is 2. The lowest BCUT2D eigenvalue weighted by atomic mass is 10.0. The van der Waals surface area contributed by atoms with Crippen LogP contribution in [0.2, 0.25) is 0 Å². The smallest absolute Gasteiger partial charge is 0.270 e. The van der Waals surface area contributed by atoms with Gasteiger partial charge in [0.15, 0.2) is 5.13 Å². The predicted molar refractivity (Wildman–Crippen MR) is 102 cm³/mol. The zero-order valence-corrected chi connectivity index (χ0v) is 14.8. The first kappa shape index (κ1) is 17.1. The van der Waals surface area contributed by atoms with Gasteiger partial charge >= 0.3 is 0 Å². The van der Waals surface area contributed by atoms with Gasteiger partial charge in [-0.15, -0.1) is 0 Å². The highest BCUT2D eigenvalue weighted by molar-refractivity contribution is 7.22. The van der Waals surface area contributed by atoms with E-state index in [0.717, 1.165) is 24.1 Å². The summed E-state index contributed by atoms with van der Waals surface area (Å²) in [5.41, 5.74) is 2.70. The molecule has 2 N–H and O–H groups in total. The van der Waals surface area contributed by atoms with E-state index in [0.29, 0.717) is 27.3 Å². The summed E-state index contributed by atoms with van der Waals surface area (Å²) in [5, 5.41) is 16.8. The average Bonchev–Trinajstić information content (AvgIpc) is 2.93. The van der Waals surface area contributed by atoms with Crippen LogP contribution in [-0.4, -0.2) is 21.7 Å². The summed E-state index contributed by atoms with van der Waals surface area (Å²) in [6, 6.07) is 9.54. The van der Waals surface area contributed by atoms with Crippen molar-refractivity contribution in [2.45, 2.75) is 19.3 Å². The quantitative estimate of drug-likeness (QED) is 0.529. The zero-order chi connectivity index (χ0) is 19.0. The molecule has 3 aromatic rings. The van der Waals surface area contributed by atoms with Crippen LogP contribution in [-0.2, 0) is 11.2 Å². The summed E-state index contributed by atoms with van der Waals surface area (Å²) in [6.07, 6.45) is 1.93. The van der Waals surface area contributed by atoms with Crippen molar-refractivity contribution in [2.24, 2.45) is 0 Å². The molecule has 1 aliphatic heterocycles. The Labute approximate surface area is 157 Å². The van der Waals surface area contributed by atoms with Crippen LogP contribution in [0.25, 0.3) is 10.2 Å². The van der Waals surface area contributed by atoms with Gasteiger partial charge in [-0.2, -0.15) is 0 Å². The second kappa shape index (κ2) is 6.76. The van der Waals surface area contributed by atoms with E-state index < -0.39 is 4.92 Å². The Morgan fingerprint density at radius 3 is 2.89 bits per heavy atom. The van der Waals surface area contributed by atoms with Crippen molar-refractivity contribution in [3.8, 4) is 0 Å². The zero-order valence-electron chi connectivity index (χ0n) is 14.0. The van der Waals surface area contributed by atoms with Crippen LogP contribution in [0.15, 0.2) is 36.4 Å². The van der Waals surface area contributed by atoms with Gasteiger partial charge in [-0.25, -0.2) is 4.98 Å². The summed E-state index contributed by atoms with van der Waals surface area (Å²) in [5.74, 6) is -0.337. The van der Waals surface area contributed by atoms with Crippen molar-refractivity contribution < 1.29 is 14.5 Å². The summed E-state index contributed by atoms with van der Waals surface area (Å²) < 4.78 is 0.629. The molecule has 1 aromatic heterocycles. The van der Waals surface area contributed by atoms with Crippen LogP contribution < -0.4 is 10.6 Å². The standard InChI is InChI=1S/C18H14N4O4S/c23-16-3-1-2-10-8-11(4-6-13(10)19-16)17(24)21-18-20-14-7-5-12(22(25)26)9-15(14)27-18/h4-9H,1-3H2,(H,19,23)(H,20,21,24). The van der Waals surface area contributed by atoms with Gasteiger partial charge in [0.25, 0.3) is 11.6 Å².